The molecule has 6 nitrogen and oxygen atoms in total. The molecule has 4 aromatic rings. The van der Waals surface area contributed by atoms with Gasteiger partial charge in [0.05, 0.1) is 12.8 Å². The van der Waals surface area contributed by atoms with Gasteiger partial charge in [-0.3, -0.25) is 4.79 Å². The van der Waals surface area contributed by atoms with Gasteiger partial charge < -0.3 is 19.3 Å². The summed E-state index contributed by atoms with van der Waals surface area (Å²) in [5.41, 5.74) is 3.12. The molecule has 1 aromatic heterocycles. The molecular weight excluding hydrogens is 416 g/mol. The number of fused-ring (bicyclic) bond motifs is 3. The van der Waals surface area contributed by atoms with Gasteiger partial charge in [-0.25, -0.2) is 0 Å². The van der Waals surface area contributed by atoms with Crippen LogP contribution in [0.1, 0.15) is 12.5 Å². The van der Waals surface area contributed by atoms with Crippen molar-refractivity contribution in [3.8, 4) is 5.75 Å². The van der Waals surface area contributed by atoms with Crippen molar-refractivity contribution in [2.75, 3.05) is 12.4 Å². The van der Waals surface area contributed by atoms with Gasteiger partial charge in [0.2, 0.25) is 5.91 Å². The minimum atomic E-state index is -0.629. The number of carbonyl (C=O) groups excluding carboxylic acids is 1. The van der Waals surface area contributed by atoms with Crippen LogP contribution >= 0.6 is 11.6 Å². The number of methoxy groups -OCH3 is 1. The van der Waals surface area contributed by atoms with E-state index >= 15 is 0 Å². The summed E-state index contributed by atoms with van der Waals surface area (Å²) in [5.74, 6) is -0.358. The van der Waals surface area contributed by atoms with Gasteiger partial charge in [0.15, 0.2) is 0 Å². The van der Waals surface area contributed by atoms with E-state index in [0.29, 0.717) is 33.3 Å². The topological polar surface area (TPSA) is 73.1 Å². The number of para-hydroxylation sites is 1. The molecule has 31 heavy (non-hydrogen) atoms. The van der Waals surface area contributed by atoms with Crippen LogP contribution in [0.2, 0.25) is 5.02 Å². The lowest BCUT2D eigenvalue weighted by Crippen LogP contribution is -2.34. The Morgan fingerprint density at radius 1 is 1.06 bits per heavy atom. The fourth-order valence-corrected chi connectivity index (χ4v) is 4.16. The Balaban J connectivity index is 1.51. The quantitative estimate of drug-likeness (QED) is 0.452. The smallest absolute Gasteiger partial charge is 0.237 e. The summed E-state index contributed by atoms with van der Waals surface area (Å²) in [5, 5.41) is 9.51. The van der Waals surface area contributed by atoms with Crippen LogP contribution in [-0.2, 0) is 9.63 Å². The number of benzene rings is 3. The van der Waals surface area contributed by atoms with Crippen molar-refractivity contribution < 1.29 is 18.8 Å². The maximum Gasteiger partial charge on any atom is 0.237 e. The second-order valence-corrected chi connectivity index (χ2v) is 7.79. The fraction of sp³-hybridized carbons (Fsp3) is 0.167. The van der Waals surface area contributed by atoms with Crippen LogP contribution < -0.4 is 10.1 Å². The van der Waals surface area contributed by atoms with Crippen molar-refractivity contribution in [1.29, 1.82) is 0 Å². The summed E-state index contributed by atoms with van der Waals surface area (Å²) in [6.45, 7) is 1.80. The molecule has 0 saturated carbocycles. The maximum absolute atomic E-state index is 13.3. The lowest BCUT2D eigenvalue weighted by atomic mass is 9.92. The van der Waals surface area contributed by atoms with Crippen molar-refractivity contribution in [2.45, 2.75) is 13.0 Å². The van der Waals surface area contributed by atoms with E-state index in [1.165, 1.54) is 0 Å². The summed E-state index contributed by atoms with van der Waals surface area (Å²) in [6.07, 6.45) is -0.438. The van der Waals surface area contributed by atoms with Crippen LogP contribution in [0.15, 0.2) is 70.2 Å². The molecule has 1 aliphatic rings. The highest BCUT2D eigenvalue weighted by Crippen LogP contribution is 2.37. The monoisotopic (exact) mass is 434 g/mol. The summed E-state index contributed by atoms with van der Waals surface area (Å²) < 4.78 is 11.5. The average molecular weight is 435 g/mol. The van der Waals surface area contributed by atoms with E-state index < -0.39 is 12.0 Å². The first kappa shape index (κ1) is 19.5. The lowest BCUT2D eigenvalue weighted by Gasteiger charge is -2.17. The normalized spacial score (nSPS) is 18.1. The SMILES string of the molecule is COc1cc2c(cc1NC(=O)[C@@H]1C(c3ccccc3Cl)=NO[C@@H]1C)oc1ccccc12. The third-order valence-corrected chi connectivity index (χ3v) is 5.80. The van der Waals surface area contributed by atoms with E-state index in [0.717, 1.165) is 16.4 Å². The van der Waals surface area contributed by atoms with Gasteiger partial charge >= 0.3 is 0 Å². The molecule has 1 amide bonds. The molecule has 3 aromatic carbocycles. The molecule has 0 fully saturated rings. The van der Waals surface area contributed by atoms with Crippen LogP contribution in [0.5, 0.6) is 5.75 Å². The number of ether oxygens (including phenoxy) is 1. The summed E-state index contributed by atoms with van der Waals surface area (Å²) >= 11 is 6.33. The van der Waals surface area contributed by atoms with Gasteiger partial charge in [-0.15, -0.1) is 0 Å². The zero-order valence-corrected chi connectivity index (χ0v) is 17.6. The number of oxime groups is 1. The molecular formula is C24H19ClN2O4. The van der Waals surface area contributed by atoms with E-state index in [4.69, 9.17) is 25.6 Å². The summed E-state index contributed by atoms with van der Waals surface area (Å²) in [4.78, 5) is 18.7. The third kappa shape index (κ3) is 3.29. The van der Waals surface area contributed by atoms with E-state index in [9.17, 15) is 4.79 Å². The minimum absolute atomic E-state index is 0.266. The average Bonchev–Trinajstić information content (AvgIpc) is 3.33. The van der Waals surface area contributed by atoms with Gasteiger partial charge in [-0.05, 0) is 25.1 Å². The van der Waals surface area contributed by atoms with Crippen LogP contribution in [0.3, 0.4) is 0 Å². The Bertz CT molecular complexity index is 1340. The Labute approximate surface area is 183 Å². The third-order valence-electron chi connectivity index (χ3n) is 5.47. The van der Waals surface area contributed by atoms with Crippen molar-refractivity contribution in [3.05, 3.63) is 71.2 Å². The fourth-order valence-electron chi connectivity index (χ4n) is 3.93. The van der Waals surface area contributed by atoms with Gasteiger partial charge in [0.25, 0.3) is 0 Å². The Morgan fingerprint density at radius 3 is 2.65 bits per heavy atom. The number of rotatable bonds is 4. The molecule has 7 heteroatoms. The number of amides is 1. The lowest BCUT2D eigenvalue weighted by molar-refractivity contribution is -0.120. The minimum Gasteiger partial charge on any atom is -0.495 e. The van der Waals surface area contributed by atoms with Crippen molar-refractivity contribution >= 4 is 50.8 Å². The summed E-state index contributed by atoms with van der Waals surface area (Å²) in [7, 11) is 1.57. The largest absolute Gasteiger partial charge is 0.495 e. The number of anilines is 1. The Morgan fingerprint density at radius 2 is 1.84 bits per heavy atom. The number of carbonyl (C=O) groups is 1. The molecule has 2 atom stereocenters. The first-order chi connectivity index (χ1) is 15.1. The van der Waals surface area contributed by atoms with Crippen LogP contribution in [0, 0.1) is 5.92 Å². The second-order valence-electron chi connectivity index (χ2n) is 7.38. The van der Waals surface area contributed by atoms with Crippen LogP contribution in [0.4, 0.5) is 5.69 Å². The van der Waals surface area contributed by atoms with E-state index in [-0.39, 0.29) is 5.91 Å². The number of nitrogens with one attached hydrogen (secondary N) is 1. The molecule has 5 rings (SSSR count). The highest BCUT2D eigenvalue weighted by molar-refractivity contribution is 6.35. The molecule has 0 unspecified atom stereocenters. The first-order valence-corrected chi connectivity index (χ1v) is 10.2. The first-order valence-electron chi connectivity index (χ1n) is 9.85. The standard InChI is InChI=1S/C24H19ClN2O4/c1-13-22(23(27-31-13)15-8-3-5-9-17(15)25)24(28)26-18-12-20-16(11-21(18)29-2)14-7-4-6-10-19(14)30-20/h3-13,22H,1-2H3,(H,26,28)/t13-,22+/m1/s1. The number of halogens is 1. The number of furan rings is 1. The molecule has 156 valence electrons. The van der Waals surface area contributed by atoms with Crippen molar-refractivity contribution in [1.82, 2.24) is 0 Å². The van der Waals surface area contributed by atoms with Crippen LogP contribution in [0.25, 0.3) is 21.9 Å². The van der Waals surface area contributed by atoms with E-state index in [1.807, 2.05) is 48.5 Å². The molecule has 0 bridgehead atoms. The van der Waals surface area contributed by atoms with E-state index in [2.05, 4.69) is 10.5 Å². The second kappa shape index (κ2) is 7.63. The van der Waals surface area contributed by atoms with Gasteiger partial charge in [0, 0.05) is 27.4 Å². The van der Waals surface area contributed by atoms with Crippen molar-refractivity contribution in [3.63, 3.8) is 0 Å². The highest BCUT2D eigenvalue weighted by atomic mass is 35.5. The molecule has 2 heterocycles. The van der Waals surface area contributed by atoms with Gasteiger partial charge in [0.1, 0.15) is 34.6 Å². The predicted octanol–water partition coefficient (Wildman–Crippen LogP) is 5.63. The zero-order chi connectivity index (χ0) is 21.5. The molecule has 1 N–H and O–H groups in total. The maximum atomic E-state index is 13.3. The molecule has 0 aliphatic carbocycles. The highest BCUT2D eigenvalue weighted by Gasteiger charge is 2.39. The Kier molecular flexibility index (Phi) is 4.79. The van der Waals surface area contributed by atoms with Crippen molar-refractivity contribution in [2.24, 2.45) is 11.1 Å². The van der Waals surface area contributed by atoms with Gasteiger partial charge in [-0.2, -0.15) is 0 Å². The number of nitrogens with zero attached hydrogens (tertiary/aromatic N) is 1. The predicted molar refractivity (Wildman–Crippen MR) is 121 cm³/mol. The molecule has 1 aliphatic heterocycles. The zero-order valence-electron chi connectivity index (χ0n) is 16.9. The number of hydrogen-bond acceptors (Lipinski definition) is 5. The van der Waals surface area contributed by atoms with Crippen LogP contribution in [-0.4, -0.2) is 24.8 Å². The van der Waals surface area contributed by atoms with E-state index in [1.54, 1.807) is 26.2 Å². The Hall–Kier alpha value is -3.51. The van der Waals surface area contributed by atoms with Gasteiger partial charge in [-0.1, -0.05) is 53.2 Å². The number of hydrogen-bond donors (Lipinski definition) is 1. The molecule has 0 saturated heterocycles. The molecule has 0 radical (unpaired) electrons. The molecule has 0 spiro atoms. The summed E-state index contributed by atoms with van der Waals surface area (Å²) in [6, 6.07) is 18.7.